The lowest BCUT2D eigenvalue weighted by Gasteiger charge is -2.22. The van der Waals surface area contributed by atoms with Crippen molar-refractivity contribution in [1.82, 2.24) is 4.98 Å². The van der Waals surface area contributed by atoms with E-state index in [9.17, 15) is 14.0 Å². The summed E-state index contributed by atoms with van der Waals surface area (Å²) in [6.45, 7) is 2.05. The normalized spacial score (nSPS) is 10.5. The molecule has 0 unspecified atom stereocenters. The second-order valence-corrected chi connectivity index (χ2v) is 6.86. The number of thiazole rings is 1. The van der Waals surface area contributed by atoms with Gasteiger partial charge in [-0.25, -0.2) is 9.37 Å². The van der Waals surface area contributed by atoms with E-state index >= 15 is 0 Å². The summed E-state index contributed by atoms with van der Waals surface area (Å²) in [5.41, 5.74) is 6.61. The van der Waals surface area contributed by atoms with Gasteiger partial charge in [-0.15, -0.1) is 11.3 Å². The molecule has 0 aliphatic rings. The van der Waals surface area contributed by atoms with E-state index in [-0.39, 0.29) is 30.4 Å². The van der Waals surface area contributed by atoms with Gasteiger partial charge in [0.25, 0.3) is 0 Å². The molecule has 0 spiro atoms. The van der Waals surface area contributed by atoms with Gasteiger partial charge in [-0.2, -0.15) is 0 Å². The Balaban J connectivity index is 2.06. The summed E-state index contributed by atoms with van der Waals surface area (Å²) < 4.78 is 13.9. The molecule has 2 rings (SSSR count). The number of benzene rings is 1. The van der Waals surface area contributed by atoms with Crippen molar-refractivity contribution in [2.24, 2.45) is 5.73 Å². The van der Waals surface area contributed by atoms with E-state index < -0.39 is 5.91 Å². The highest BCUT2D eigenvalue weighted by Gasteiger charge is 2.17. The standard InChI is InChI=1S/C15H16FN3O2S2/c1-10-8-22-15(18-10)23-9-14(21)19(7-6-13(17)20)12-4-2-11(16)3-5-12/h2-5,8H,6-7,9H2,1H3,(H2,17,20). The lowest BCUT2D eigenvalue weighted by atomic mass is 10.2. The van der Waals surface area contributed by atoms with Crippen LogP contribution in [0.1, 0.15) is 12.1 Å². The van der Waals surface area contributed by atoms with Gasteiger partial charge in [0.05, 0.1) is 5.75 Å². The SMILES string of the molecule is Cc1csc(SCC(=O)N(CCC(N)=O)c2ccc(F)cc2)n1. The third-order valence-corrected chi connectivity index (χ3v) is 5.06. The maximum Gasteiger partial charge on any atom is 0.237 e. The lowest BCUT2D eigenvalue weighted by Crippen LogP contribution is -2.35. The maximum absolute atomic E-state index is 13.0. The predicted molar refractivity (Wildman–Crippen MR) is 90.1 cm³/mol. The summed E-state index contributed by atoms with van der Waals surface area (Å²) in [6.07, 6.45) is 0.0458. The van der Waals surface area contributed by atoms with E-state index in [1.54, 1.807) is 0 Å². The smallest absolute Gasteiger partial charge is 0.237 e. The van der Waals surface area contributed by atoms with E-state index in [4.69, 9.17) is 5.73 Å². The molecule has 0 aliphatic carbocycles. The molecule has 0 atom stereocenters. The Kier molecular flexibility index (Phi) is 6.12. The number of halogens is 1. The Morgan fingerprint density at radius 3 is 2.61 bits per heavy atom. The van der Waals surface area contributed by atoms with Crippen LogP contribution in [0.4, 0.5) is 10.1 Å². The first kappa shape index (κ1) is 17.4. The van der Waals surface area contributed by atoms with Gasteiger partial charge in [0, 0.05) is 29.7 Å². The molecule has 1 heterocycles. The van der Waals surface area contributed by atoms with Crippen LogP contribution in [0.15, 0.2) is 34.0 Å². The highest BCUT2D eigenvalue weighted by Crippen LogP contribution is 2.24. The number of hydrogen-bond acceptors (Lipinski definition) is 5. The van der Waals surface area contributed by atoms with Crippen LogP contribution in [0.2, 0.25) is 0 Å². The summed E-state index contributed by atoms with van der Waals surface area (Å²) in [4.78, 5) is 29.2. The molecule has 0 fully saturated rings. The quantitative estimate of drug-likeness (QED) is 0.776. The summed E-state index contributed by atoms with van der Waals surface area (Å²) in [6, 6.07) is 5.56. The van der Waals surface area contributed by atoms with Crippen LogP contribution in [-0.2, 0) is 9.59 Å². The van der Waals surface area contributed by atoms with E-state index in [0.717, 1.165) is 10.0 Å². The van der Waals surface area contributed by atoms with E-state index in [1.807, 2.05) is 12.3 Å². The number of aryl methyl sites for hydroxylation is 1. The number of thioether (sulfide) groups is 1. The third kappa shape index (κ3) is 5.33. The second-order valence-electron chi connectivity index (χ2n) is 4.78. The highest BCUT2D eigenvalue weighted by atomic mass is 32.2. The fraction of sp³-hybridized carbons (Fsp3) is 0.267. The Morgan fingerprint density at radius 1 is 1.35 bits per heavy atom. The zero-order valence-corrected chi connectivity index (χ0v) is 14.1. The number of anilines is 1. The van der Waals surface area contributed by atoms with Crippen molar-refractivity contribution in [3.8, 4) is 0 Å². The molecule has 1 aromatic carbocycles. The zero-order chi connectivity index (χ0) is 16.8. The van der Waals surface area contributed by atoms with E-state index in [0.29, 0.717) is 5.69 Å². The number of primary amides is 1. The lowest BCUT2D eigenvalue weighted by molar-refractivity contribution is -0.118. The van der Waals surface area contributed by atoms with Crippen molar-refractivity contribution in [2.45, 2.75) is 17.7 Å². The maximum atomic E-state index is 13.0. The van der Waals surface area contributed by atoms with E-state index in [1.165, 1.54) is 52.3 Å². The van der Waals surface area contributed by atoms with Crippen molar-refractivity contribution < 1.29 is 14.0 Å². The molecule has 122 valence electrons. The van der Waals surface area contributed by atoms with Gasteiger partial charge in [0.2, 0.25) is 11.8 Å². The van der Waals surface area contributed by atoms with Gasteiger partial charge in [-0.1, -0.05) is 11.8 Å². The molecule has 23 heavy (non-hydrogen) atoms. The second kappa shape index (κ2) is 8.07. The first-order chi connectivity index (χ1) is 11.0. The summed E-state index contributed by atoms with van der Waals surface area (Å²) in [7, 11) is 0. The molecule has 2 N–H and O–H groups in total. The number of nitrogens with zero attached hydrogens (tertiary/aromatic N) is 2. The first-order valence-corrected chi connectivity index (χ1v) is 8.71. The molecular formula is C15H16FN3O2S2. The summed E-state index contributed by atoms with van der Waals surface area (Å²) in [5.74, 6) is -0.879. The third-order valence-electron chi connectivity index (χ3n) is 2.94. The summed E-state index contributed by atoms with van der Waals surface area (Å²) in [5, 5.41) is 1.91. The molecule has 2 amide bonds. The Hall–Kier alpha value is -1.93. The topological polar surface area (TPSA) is 76.3 Å². The molecular weight excluding hydrogens is 337 g/mol. The van der Waals surface area contributed by atoms with Gasteiger partial charge < -0.3 is 10.6 Å². The summed E-state index contributed by atoms with van der Waals surface area (Å²) >= 11 is 2.81. The van der Waals surface area contributed by atoms with Gasteiger partial charge in [0.15, 0.2) is 4.34 Å². The highest BCUT2D eigenvalue weighted by molar-refractivity contribution is 8.01. The number of amides is 2. The molecule has 0 bridgehead atoms. The monoisotopic (exact) mass is 353 g/mol. The van der Waals surface area contributed by atoms with E-state index in [2.05, 4.69) is 4.98 Å². The van der Waals surface area contributed by atoms with Crippen LogP contribution in [0.5, 0.6) is 0 Å². The zero-order valence-electron chi connectivity index (χ0n) is 12.5. The molecule has 5 nitrogen and oxygen atoms in total. The first-order valence-electron chi connectivity index (χ1n) is 6.85. The number of carbonyl (C=O) groups is 2. The van der Waals surface area contributed by atoms with Gasteiger partial charge in [-0.3, -0.25) is 9.59 Å². The van der Waals surface area contributed by atoms with Crippen molar-refractivity contribution in [1.29, 1.82) is 0 Å². The van der Waals surface area contributed by atoms with Crippen LogP contribution >= 0.6 is 23.1 Å². The Morgan fingerprint density at radius 2 is 2.04 bits per heavy atom. The molecule has 0 radical (unpaired) electrons. The average molecular weight is 353 g/mol. The molecule has 1 aromatic heterocycles. The minimum absolute atomic E-state index is 0.0458. The number of aromatic nitrogens is 1. The van der Waals surface area contributed by atoms with Crippen molar-refractivity contribution >= 4 is 40.6 Å². The van der Waals surface area contributed by atoms with Gasteiger partial charge in [-0.05, 0) is 31.2 Å². The molecule has 0 aliphatic heterocycles. The van der Waals surface area contributed by atoms with Crippen molar-refractivity contribution in [3.05, 3.63) is 41.2 Å². The molecule has 0 saturated carbocycles. The largest absolute Gasteiger partial charge is 0.370 e. The van der Waals surface area contributed by atoms with Crippen LogP contribution < -0.4 is 10.6 Å². The fourth-order valence-electron chi connectivity index (χ4n) is 1.84. The van der Waals surface area contributed by atoms with Crippen LogP contribution in [0.3, 0.4) is 0 Å². The minimum atomic E-state index is -0.492. The molecule has 0 saturated heterocycles. The average Bonchev–Trinajstić information content (AvgIpc) is 2.92. The number of rotatable bonds is 7. The predicted octanol–water partition coefficient (Wildman–Crippen LogP) is 2.59. The van der Waals surface area contributed by atoms with Gasteiger partial charge in [0.1, 0.15) is 5.82 Å². The fourth-order valence-corrected chi connectivity index (χ4v) is 3.57. The number of nitrogens with two attached hydrogens (primary N) is 1. The van der Waals surface area contributed by atoms with Crippen LogP contribution in [0.25, 0.3) is 0 Å². The minimum Gasteiger partial charge on any atom is -0.370 e. The van der Waals surface area contributed by atoms with Crippen molar-refractivity contribution in [3.63, 3.8) is 0 Å². The van der Waals surface area contributed by atoms with Crippen LogP contribution in [-0.4, -0.2) is 29.1 Å². The molecule has 8 heteroatoms. The molecule has 2 aromatic rings. The Labute approximate surface area is 141 Å². The van der Waals surface area contributed by atoms with Gasteiger partial charge >= 0.3 is 0 Å². The van der Waals surface area contributed by atoms with Crippen LogP contribution in [0, 0.1) is 12.7 Å². The number of hydrogen-bond donors (Lipinski definition) is 1. The van der Waals surface area contributed by atoms with Crippen molar-refractivity contribution in [2.75, 3.05) is 17.2 Å². The number of carbonyl (C=O) groups excluding carboxylic acids is 2. The Bertz CT molecular complexity index is 688.